The maximum absolute atomic E-state index is 11.6. The Labute approximate surface area is 119 Å². The number of hydrogen-bond donors (Lipinski definition) is 2. The lowest BCUT2D eigenvalue weighted by Crippen LogP contribution is -2.44. The number of carboxylic acid groups (broad SMARTS) is 1. The van der Waals surface area contributed by atoms with Gasteiger partial charge < -0.3 is 15.2 Å². The molecule has 0 aromatic carbocycles. The van der Waals surface area contributed by atoms with Crippen LogP contribution in [0.25, 0.3) is 0 Å². The third-order valence-corrected chi connectivity index (χ3v) is 2.78. The highest BCUT2D eigenvalue weighted by molar-refractivity contribution is 5.79. The molecular formula is C13H24N2O5. The number of amides is 1. The van der Waals surface area contributed by atoms with Crippen LogP contribution in [0, 0.1) is 0 Å². The van der Waals surface area contributed by atoms with E-state index < -0.39 is 12.0 Å². The van der Waals surface area contributed by atoms with Crippen LogP contribution in [0.1, 0.15) is 33.1 Å². The number of rotatable bonds is 10. The molecule has 0 saturated carbocycles. The average Bonchev–Trinajstić information content (AvgIpc) is 2.35. The van der Waals surface area contributed by atoms with Crippen molar-refractivity contribution in [1.82, 2.24) is 10.2 Å². The minimum Gasteiger partial charge on any atom is -0.480 e. The second-order valence-corrected chi connectivity index (χ2v) is 4.44. The molecule has 0 aromatic heterocycles. The molecule has 0 aliphatic rings. The van der Waals surface area contributed by atoms with Crippen molar-refractivity contribution in [2.75, 3.05) is 26.7 Å². The van der Waals surface area contributed by atoms with E-state index in [0.29, 0.717) is 26.0 Å². The Balaban J connectivity index is 3.88. The molecule has 7 heteroatoms. The topological polar surface area (TPSA) is 95.9 Å². The molecule has 2 N–H and O–H groups in total. The van der Waals surface area contributed by atoms with Gasteiger partial charge in [0.2, 0.25) is 5.91 Å². The van der Waals surface area contributed by atoms with Crippen molar-refractivity contribution < 1.29 is 24.2 Å². The zero-order valence-corrected chi connectivity index (χ0v) is 12.3. The Morgan fingerprint density at radius 3 is 2.45 bits per heavy atom. The first-order chi connectivity index (χ1) is 9.42. The van der Waals surface area contributed by atoms with E-state index in [4.69, 9.17) is 9.84 Å². The Bertz CT molecular complexity index is 333. The van der Waals surface area contributed by atoms with Crippen LogP contribution < -0.4 is 5.32 Å². The van der Waals surface area contributed by atoms with Gasteiger partial charge in [0.15, 0.2) is 0 Å². The van der Waals surface area contributed by atoms with Gasteiger partial charge in [0.25, 0.3) is 0 Å². The van der Waals surface area contributed by atoms with Crippen LogP contribution in [0.5, 0.6) is 0 Å². The lowest BCUT2D eigenvalue weighted by atomic mass is 10.2. The number of nitrogens with one attached hydrogen (secondary N) is 1. The van der Waals surface area contributed by atoms with E-state index in [0.717, 1.165) is 0 Å². The molecule has 0 aromatic rings. The number of hydrogen-bond acceptors (Lipinski definition) is 5. The van der Waals surface area contributed by atoms with Crippen molar-refractivity contribution in [2.45, 2.75) is 39.2 Å². The average molecular weight is 288 g/mol. The first-order valence-electron chi connectivity index (χ1n) is 6.77. The number of esters is 1. The quantitative estimate of drug-likeness (QED) is 0.441. The van der Waals surface area contributed by atoms with E-state index in [1.54, 1.807) is 20.9 Å². The fourth-order valence-corrected chi connectivity index (χ4v) is 1.76. The lowest BCUT2D eigenvalue weighted by molar-refractivity contribution is -0.144. The van der Waals surface area contributed by atoms with Crippen molar-refractivity contribution in [1.29, 1.82) is 0 Å². The van der Waals surface area contributed by atoms with Crippen LogP contribution in [0.2, 0.25) is 0 Å². The molecule has 0 spiro atoms. The Morgan fingerprint density at radius 1 is 1.30 bits per heavy atom. The molecule has 1 atom stereocenters. The molecule has 7 nitrogen and oxygen atoms in total. The zero-order chi connectivity index (χ0) is 15.5. The predicted molar refractivity (Wildman–Crippen MR) is 73.2 cm³/mol. The van der Waals surface area contributed by atoms with Gasteiger partial charge in [0, 0.05) is 13.0 Å². The second-order valence-electron chi connectivity index (χ2n) is 4.44. The first kappa shape index (κ1) is 18.4. The largest absolute Gasteiger partial charge is 0.480 e. The number of carbonyl (C=O) groups is 3. The molecule has 0 aliphatic carbocycles. The fraction of sp³-hybridized carbons (Fsp3) is 0.769. The fourth-order valence-electron chi connectivity index (χ4n) is 1.76. The molecular weight excluding hydrogens is 264 g/mol. The van der Waals surface area contributed by atoms with Crippen molar-refractivity contribution in [2.24, 2.45) is 0 Å². The maximum atomic E-state index is 11.6. The maximum Gasteiger partial charge on any atom is 0.320 e. The molecule has 0 fully saturated rings. The van der Waals surface area contributed by atoms with Gasteiger partial charge in [-0.2, -0.15) is 0 Å². The third kappa shape index (κ3) is 7.73. The smallest absolute Gasteiger partial charge is 0.320 e. The molecule has 0 rings (SSSR count). The standard InChI is InChI=1S/C13H24N2O5/c1-4-10(13(18)19)15(3)9-11(16)14-8-6-7-12(17)20-5-2/h10H,4-9H2,1-3H3,(H,14,16)(H,18,19). The van der Waals surface area contributed by atoms with E-state index in [1.807, 2.05) is 0 Å². The summed E-state index contributed by atoms with van der Waals surface area (Å²) in [5.74, 6) is -1.48. The highest BCUT2D eigenvalue weighted by Crippen LogP contribution is 2.01. The van der Waals surface area contributed by atoms with E-state index in [-0.39, 0.29) is 24.8 Å². The molecule has 0 bridgehead atoms. The monoisotopic (exact) mass is 288 g/mol. The van der Waals surface area contributed by atoms with E-state index in [1.165, 1.54) is 4.90 Å². The number of aliphatic carboxylic acids is 1. The van der Waals surface area contributed by atoms with Crippen LogP contribution >= 0.6 is 0 Å². The summed E-state index contributed by atoms with van der Waals surface area (Å²) < 4.78 is 4.76. The van der Waals surface area contributed by atoms with Crippen molar-refractivity contribution in [3.05, 3.63) is 0 Å². The number of carboxylic acids is 1. The van der Waals surface area contributed by atoms with E-state index >= 15 is 0 Å². The van der Waals surface area contributed by atoms with Crippen molar-refractivity contribution in [3.8, 4) is 0 Å². The van der Waals surface area contributed by atoms with Crippen LogP contribution in [-0.4, -0.2) is 60.6 Å². The summed E-state index contributed by atoms with van der Waals surface area (Å²) in [6.45, 7) is 4.23. The van der Waals surface area contributed by atoms with Crippen molar-refractivity contribution in [3.63, 3.8) is 0 Å². The zero-order valence-electron chi connectivity index (χ0n) is 12.3. The SMILES string of the molecule is CCOC(=O)CCCNC(=O)CN(C)C(CC)C(=O)O. The van der Waals surface area contributed by atoms with Gasteiger partial charge in [-0.25, -0.2) is 0 Å². The van der Waals surface area contributed by atoms with Crippen LogP contribution in [0.3, 0.4) is 0 Å². The Hall–Kier alpha value is -1.63. The van der Waals surface area contributed by atoms with Gasteiger partial charge in [-0.3, -0.25) is 19.3 Å². The first-order valence-corrected chi connectivity index (χ1v) is 6.77. The minimum absolute atomic E-state index is 0.0181. The summed E-state index contributed by atoms with van der Waals surface area (Å²) >= 11 is 0. The van der Waals surface area contributed by atoms with Crippen molar-refractivity contribution >= 4 is 17.8 Å². The van der Waals surface area contributed by atoms with Gasteiger partial charge in [0.1, 0.15) is 6.04 Å². The van der Waals surface area contributed by atoms with Gasteiger partial charge in [-0.1, -0.05) is 6.92 Å². The summed E-state index contributed by atoms with van der Waals surface area (Å²) in [6.07, 6.45) is 1.20. The molecule has 20 heavy (non-hydrogen) atoms. The molecule has 0 aliphatic heterocycles. The molecule has 0 radical (unpaired) electrons. The molecule has 1 unspecified atom stereocenters. The van der Waals surface area contributed by atoms with Crippen LogP contribution in [0.15, 0.2) is 0 Å². The molecule has 116 valence electrons. The minimum atomic E-state index is -0.940. The summed E-state index contributed by atoms with van der Waals surface area (Å²) in [6, 6.07) is -0.666. The highest BCUT2D eigenvalue weighted by atomic mass is 16.5. The summed E-state index contributed by atoms with van der Waals surface area (Å²) in [4.78, 5) is 35.1. The highest BCUT2D eigenvalue weighted by Gasteiger charge is 2.21. The summed E-state index contributed by atoms with van der Waals surface area (Å²) in [7, 11) is 1.60. The lowest BCUT2D eigenvalue weighted by Gasteiger charge is -2.22. The number of carbonyl (C=O) groups excluding carboxylic acids is 2. The van der Waals surface area contributed by atoms with Gasteiger partial charge in [0.05, 0.1) is 13.2 Å². The molecule has 0 saturated heterocycles. The molecule has 1 amide bonds. The number of nitrogens with zero attached hydrogens (tertiary/aromatic N) is 1. The number of ether oxygens (including phenoxy) is 1. The second kappa shape index (κ2) is 10.2. The van der Waals surface area contributed by atoms with Crippen LogP contribution in [-0.2, 0) is 19.1 Å². The van der Waals surface area contributed by atoms with E-state index in [2.05, 4.69) is 5.32 Å². The van der Waals surface area contributed by atoms with Gasteiger partial charge in [-0.05, 0) is 26.8 Å². The Morgan fingerprint density at radius 2 is 1.95 bits per heavy atom. The Kier molecular flexibility index (Phi) is 9.36. The van der Waals surface area contributed by atoms with Gasteiger partial charge >= 0.3 is 11.9 Å². The predicted octanol–water partition coefficient (Wildman–Crippen LogP) is 0.241. The van der Waals surface area contributed by atoms with Crippen LogP contribution in [0.4, 0.5) is 0 Å². The van der Waals surface area contributed by atoms with Gasteiger partial charge in [-0.15, -0.1) is 0 Å². The molecule has 0 heterocycles. The van der Waals surface area contributed by atoms with E-state index in [9.17, 15) is 14.4 Å². The third-order valence-electron chi connectivity index (χ3n) is 2.78. The summed E-state index contributed by atoms with van der Waals surface area (Å²) in [5.41, 5.74) is 0. The number of likely N-dealkylation sites (N-methyl/N-ethyl adjacent to an activating group) is 1. The summed E-state index contributed by atoms with van der Waals surface area (Å²) in [5, 5.41) is 11.6. The normalized spacial score (nSPS) is 12.0.